The molecule has 1 aliphatic rings. The molecule has 1 fully saturated rings. The molecule has 6 heteroatoms. The van der Waals surface area contributed by atoms with Crippen molar-refractivity contribution < 1.29 is 13.2 Å². The van der Waals surface area contributed by atoms with Gasteiger partial charge in [-0.3, -0.25) is 9.52 Å². The second kappa shape index (κ2) is 6.26. The van der Waals surface area contributed by atoms with E-state index in [-0.39, 0.29) is 11.7 Å². The number of primary amides is 1. The Kier molecular flexibility index (Phi) is 4.65. The van der Waals surface area contributed by atoms with Crippen molar-refractivity contribution in [3.05, 3.63) is 29.8 Å². The molecule has 0 saturated heterocycles. The van der Waals surface area contributed by atoms with Gasteiger partial charge in [-0.15, -0.1) is 0 Å². The minimum atomic E-state index is -3.31. The lowest BCUT2D eigenvalue weighted by Crippen LogP contribution is -2.29. The van der Waals surface area contributed by atoms with E-state index in [0.717, 1.165) is 37.7 Å². The quantitative estimate of drug-likeness (QED) is 0.868. The summed E-state index contributed by atoms with van der Waals surface area (Å²) in [6, 6.07) is 6.75. The van der Waals surface area contributed by atoms with Crippen molar-refractivity contribution >= 4 is 21.6 Å². The van der Waals surface area contributed by atoms with Crippen LogP contribution in [0, 0.1) is 0 Å². The van der Waals surface area contributed by atoms with Crippen molar-refractivity contribution in [2.45, 2.75) is 43.8 Å². The molecule has 1 aromatic rings. The first kappa shape index (κ1) is 14.8. The van der Waals surface area contributed by atoms with Crippen molar-refractivity contribution in [2.24, 2.45) is 5.73 Å². The van der Waals surface area contributed by atoms with Gasteiger partial charge in [0.1, 0.15) is 0 Å². The Morgan fingerprint density at radius 3 is 2.30 bits per heavy atom. The first-order valence-electron chi connectivity index (χ1n) is 6.86. The summed E-state index contributed by atoms with van der Waals surface area (Å²) in [5.41, 5.74) is 6.42. The van der Waals surface area contributed by atoms with Crippen LogP contribution in [0.5, 0.6) is 0 Å². The van der Waals surface area contributed by atoms with Gasteiger partial charge in [0.2, 0.25) is 15.9 Å². The highest BCUT2D eigenvalue weighted by Crippen LogP contribution is 2.25. The number of rotatable bonds is 5. The van der Waals surface area contributed by atoms with Crippen LogP contribution in [0.2, 0.25) is 0 Å². The fourth-order valence-corrected chi connectivity index (χ4v) is 4.10. The molecule has 1 amide bonds. The number of amides is 1. The van der Waals surface area contributed by atoms with E-state index in [0.29, 0.717) is 5.69 Å². The van der Waals surface area contributed by atoms with Crippen LogP contribution in [0.15, 0.2) is 24.3 Å². The normalized spacial score (nSPS) is 16.8. The molecule has 3 N–H and O–H groups in total. The smallest absolute Gasteiger partial charge is 0.235 e. The maximum atomic E-state index is 12.2. The fourth-order valence-electron chi connectivity index (χ4n) is 2.51. The van der Waals surface area contributed by atoms with Crippen LogP contribution >= 0.6 is 0 Å². The number of benzene rings is 1. The molecule has 0 unspecified atom stereocenters. The number of carbonyl (C=O) groups excluding carboxylic acids is 1. The second-order valence-corrected chi connectivity index (χ2v) is 7.21. The zero-order valence-electron chi connectivity index (χ0n) is 11.3. The first-order valence-corrected chi connectivity index (χ1v) is 8.41. The number of hydrogen-bond acceptors (Lipinski definition) is 3. The Balaban J connectivity index is 2.03. The SMILES string of the molecule is NC(=O)Cc1ccc(NS(=O)(=O)C2CCCCC2)cc1. The van der Waals surface area contributed by atoms with E-state index < -0.39 is 15.9 Å². The van der Waals surface area contributed by atoms with E-state index in [2.05, 4.69) is 4.72 Å². The number of nitrogens with two attached hydrogens (primary N) is 1. The zero-order valence-corrected chi connectivity index (χ0v) is 12.2. The predicted octanol–water partition coefficient (Wildman–Crippen LogP) is 1.79. The molecule has 0 atom stereocenters. The van der Waals surface area contributed by atoms with Gasteiger partial charge in [0.25, 0.3) is 0 Å². The highest BCUT2D eigenvalue weighted by molar-refractivity contribution is 7.93. The summed E-state index contributed by atoms with van der Waals surface area (Å²) >= 11 is 0. The molecule has 2 rings (SSSR count). The van der Waals surface area contributed by atoms with Gasteiger partial charge in [0.15, 0.2) is 0 Å². The number of anilines is 1. The summed E-state index contributed by atoms with van der Waals surface area (Å²) in [4.78, 5) is 10.8. The summed E-state index contributed by atoms with van der Waals surface area (Å²) < 4.78 is 27.1. The van der Waals surface area contributed by atoms with Crippen molar-refractivity contribution in [3.63, 3.8) is 0 Å². The predicted molar refractivity (Wildman–Crippen MR) is 78.8 cm³/mol. The minimum absolute atomic E-state index is 0.162. The standard InChI is InChI=1S/C14H20N2O3S/c15-14(17)10-11-6-8-12(9-7-11)16-20(18,19)13-4-2-1-3-5-13/h6-9,13,16H,1-5,10H2,(H2,15,17). The Morgan fingerprint density at radius 1 is 1.15 bits per heavy atom. The molecule has 5 nitrogen and oxygen atoms in total. The molecule has 1 aliphatic carbocycles. The third-order valence-corrected chi connectivity index (χ3v) is 5.45. The van der Waals surface area contributed by atoms with Gasteiger partial charge in [0.05, 0.1) is 11.7 Å². The van der Waals surface area contributed by atoms with Gasteiger partial charge < -0.3 is 5.73 Å². The molecular formula is C14H20N2O3S. The third-order valence-electron chi connectivity index (χ3n) is 3.58. The van der Waals surface area contributed by atoms with Gasteiger partial charge in [-0.2, -0.15) is 0 Å². The summed E-state index contributed by atoms with van der Waals surface area (Å²) in [7, 11) is -3.31. The molecule has 0 bridgehead atoms. The molecule has 110 valence electrons. The van der Waals surface area contributed by atoms with Gasteiger partial charge in [0, 0.05) is 5.69 Å². The van der Waals surface area contributed by atoms with E-state index in [1.807, 2.05) is 0 Å². The van der Waals surface area contributed by atoms with Crippen LogP contribution < -0.4 is 10.5 Å². The first-order chi connectivity index (χ1) is 9.47. The van der Waals surface area contributed by atoms with E-state index in [1.165, 1.54) is 0 Å². The largest absolute Gasteiger partial charge is 0.369 e. The summed E-state index contributed by atoms with van der Waals surface area (Å²) in [5, 5.41) is -0.290. The van der Waals surface area contributed by atoms with E-state index >= 15 is 0 Å². The average molecular weight is 296 g/mol. The number of carbonyl (C=O) groups is 1. The van der Waals surface area contributed by atoms with Gasteiger partial charge >= 0.3 is 0 Å². The zero-order chi connectivity index (χ0) is 14.6. The van der Waals surface area contributed by atoms with E-state index in [1.54, 1.807) is 24.3 Å². The van der Waals surface area contributed by atoms with Crippen molar-refractivity contribution in [2.75, 3.05) is 4.72 Å². The topological polar surface area (TPSA) is 89.3 Å². The Hall–Kier alpha value is -1.56. The van der Waals surface area contributed by atoms with Crippen molar-refractivity contribution in [1.82, 2.24) is 0 Å². The Morgan fingerprint density at radius 2 is 1.75 bits per heavy atom. The molecule has 0 radical (unpaired) electrons. The molecule has 1 aromatic carbocycles. The highest BCUT2D eigenvalue weighted by Gasteiger charge is 2.26. The van der Waals surface area contributed by atoms with Crippen LogP contribution in [0.1, 0.15) is 37.7 Å². The molecule has 20 heavy (non-hydrogen) atoms. The molecule has 0 aromatic heterocycles. The van der Waals surface area contributed by atoms with Crippen LogP contribution in [-0.2, 0) is 21.2 Å². The molecule has 1 saturated carbocycles. The average Bonchev–Trinajstić information content (AvgIpc) is 2.41. The summed E-state index contributed by atoms with van der Waals surface area (Å²) in [6.45, 7) is 0. The lowest BCUT2D eigenvalue weighted by molar-refractivity contribution is -0.117. The third kappa shape index (κ3) is 3.96. The molecule has 0 heterocycles. The lowest BCUT2D eigenvalue weighted by atomic mass is 10.0. The summed E-state index contributed by atoms with van der Waals surface area (Å²) in [6.07, 6.45) is 4.69. The van der Waals surface area contributed by atoms with Crippen LogP contribution in [0.3, 0.4) is 0 Å². The molecule has 0 spiro atoms. The minimum Gasteiger partial charge on any atom is -0.369 e. The van der Waals surface area contributed by atoms with Gasteiger partial charge in [-0.1, -0.05) is 31.4 Å². The van der Waals surface area contributed by atoms with Gasteiger partial charge in [-0.05, 0) is 30.5 Å². The Labute approximate surface area is 119 Å². The van der Waals surface area contributed by atoms with Crippen molar-refractivity contribution in [1.29, 1.82) is 0 Å². The lowest BCUT2D eigenvalue weighted by Gasteiger charge is -2.22. The van der Waals surface area contributed by atoms with E-state index in [4.69, 9.17) is 5.73 Å². The number of nitrogens with one attached hydrogen (secondary N) is 1. The van der Waals surface area contributed by atoms with Gasteiger partial charge in [-0.25, -0.2) is 8.42 Å². The maximum absolute atomic E-state index is 12.2. The molecular weight excluding hydrogens is 276 g/mol. The molecule has 0 aliphatic heterocycles. The highest BCUT2D eigenvalue weighted by atomic mass is 32.2. The maximum Gasteiger partial charge on any atom is 0.235 e. The second-order valence-electron chi connectivity index (χ2n) is 5.25. The van der Waals surface area contributed by atoms with Crippen LogP contribution in [-0.4, -0.2) is 19.6 Å². The number of sulfonamides is 1. The fraction of sp³-hybridized carbons (Fsp3) is 0.500. The Bertz CT molecular complexity index is 561. The monoisotopic (exact) mass is 296 g/mol. The van der Waals surface area contributed by atoms with Crippen molar-refractivity contribution in [3.8, 4) is 0 Å². The number of hydrogen-bond donors (Lipinski definition) is 2. The summed E-state index contributed by atoms with van der Waals surface area (Å²) in [5.74, 6) is -0.402. The van der Waals surface area contributed by atoms with E-state index in [9.17, 15) is 13.2 Å². The van der Waals surface area contributed by atoms with Crippen LogP contribution in [0.25, 0.3) is 0 Å². The van der Waals surface area contributed by atoms with Crippen LogP contribution in [0.4, 0.5) is 5.69 Å².